The van der Waals surface area contributed by atoms with Gasteiger partial charge in [-0.3, -0.25) is 14.4 Å². The number of ether oxygens (including phenoxy) is 1. The number of rotatable bonds is 9. The molecule has 28 heavy (non-hydrogen) atoms. The van der Waals surface area contributed by atoms with Crippen molar-refractivity contribution in [1.82, 2.24) is 10.6 Å². The smallest absolute Gasteiger partial charge is 0.325 e. The normalized spacial score (nSPS) is 11.3. The fourth-order valence-electron chi connectivity index (χ4n) is 2.62. The van der Waals surface area contributed by atoms with E-state index in [2.05, 4.69) is 15.4 Å². The van der Waals surface area contributed by atoms with Crippen LogP contribution in [0.4, 0.5) is 0 Å². The summed E-state index contributed by atoms with van der Waals surface area (Å²) < 4.78 is 4.52. The third-order valence-electron chi connectivity index (χ3n) is 4.15. The molecule has 2 amide bonds. The van der Waals surface area contributed by atoms with Crippen molar-refractivity contribution >= 4 is 17.8 Å². The summed E-state index contributed by atoms with van der Waals surface area (Å²) in [6.07, 6.45) is 1.06. The second-order valence-corrected chi connectivity index (χ2v) is 6.28. The van der Waals surface area contributed by atoms with E-state index in [1.165, 1.54) is 19.2 Å². The van der Waals surface area contributed by atoms with Gasteiger partial charge in [-0.2, -0.15) is 0 Å². The number of amides is 2. The van der Waals surface area contributed by atoms with Crippen molar-refractivity contribution in [2.24, 2.45) is 0 Å². The maximum Gasteiger partial charge on any atom is 0.325 e. The van der Waals surface area contributed by atoms with Gasteiger partial charge in [-0.15, -0.1) is 0 Å². The topological polar surface area (TPSA) is 105 Å². The number of esters is 1. The minimum atomic E-state index is -0.783. The van der Waals surface area contributed by atoms with E-state index in [4.69, 9.17) is 0 Å². The van der Waals surface area contributed by atoms with E-state index in [-0.39, 0.29) is 24.6 Å². The molecule has 0 saturated heterocycles. The van der Waals surface area contributed by atoms with Crippen molar-refractivity contribution in [3.05, 3.63) is 65.7 Å². The third-order valence-corrected chi connectivity index (χ3v) is 4.15. The van der Waals surface area contributed by atoms with Crippen molar-refractivity contribution in [2.75, 3.05) is 13.7 Å². The van der Waals surface area contributed by atoms with Crippen LogP contribution >= 0.6 is 0 Å². The second kappa shape index (κ2) is 10.7. The summed E-state index contributed by atoms with van der Waals surface area (Å²) in [5, 5.41) is 14.5. The van der Waals surface area contributed by atoms with E-state index in [0.29, 0.717) is 18.4 Å². The summed E-state index contributed by atoms with van der Waals surface area (Å²) in [5.74, 6) is -1.21. The lowest BCUT2D eigenvalue weighted by Gasteiger charge is -2.18. The molecule has 148 valence electrons. The molecule has 0 spiro atoms. The summed E-state index contributed by atoms with van der Waals surface area (Å²) in [4.78, 5) is 36.1. The summed E-state index contributed by atoms with van der Waals surface area (Å²) >= 11 is 0. The van der Waals surface area contributed by atoms with Crippen LogP contribution in [-0.2, 0) is 32.0 Å². The summed E-state index contributed by atoms with van der Waals surface area (Å²) in [7, 11) is 1.24. The Bertz CT molecular complexity index is 790. The van der Waals surface area contributed by atoms with Crippen molar-refractivity contribution in [3.8, 4) is 5.75 Å². The van der Waals surface area contributed by atoms with E-state index in [9.17, 15) is 19.5 Å². The lowest BCUT2D eigenvalue weighted by atomic mass is 10.0. The SMILES string of the molecule is COC(=O)CNC(=O)C(CCc1ccccc1)NC(=O)Cc1ccc(O)cc1. The Balaban J connectivity index is 1.98. The molecular formula is C21H24N2O5. The molecule has 1 unspecified atom stereocenters. The number of benzene rings is 2. The van der Waals surface area contributed by atoms with Crippen LogP contribution < -0.4 is 10.6 Å². The third kappa shape index (κ3) is 7.11. The number of aryl methyl sites for hydroxylation is 1. The van der Waals surface area contributed by atoms with Crippen LogP contribution in [0.5, 0.6) is 5.75 Å². The molecule has 0 fully saturated rings. The Labute approximate surface area is 163 Å². The highest BCUT2D eigenvalue weighted by molar-refractivity contribution is 5.90. The number of aromatic hydroxyl groups is 1. The number of nitrogens with one attached hydrogen (secondary N) is 2. The minimum absolute atomic E-state index is 0.0758. The van der Waals surface area contributed by atoms with E-state index in [0.717, 1.165) is 5.56 Å². The van der Waals surface area contributed by atoms with Gasteiger partial charge in [0.15, 0.2) is 0 Å². The molecule has 0 saturated carbocycles. The number of methoxy groups -OCH3 is 1. The van der Waals surface area contributed by atoms with Gasteiger partial charge in [-0.05, 0) is 36.1 Å². The molecule has 3 N–H and O–H groups in total. The Hall–Kier alpha value is -3.35. The molecule has 7 heteroatoms. The molecule has 7 nitrogen and oxygen atoms in total. The van der Waals surface area contributed by atoms with Gasteiger partial charge in [0, 0.05) is 0 Å². The van der Waals surface area contributed by atoms with Crippen LogP contribution in [0, 0.1) is 0 Å². The highest BCUT2D eigenvalue weighted by atomic mass is 16.5. The number of hydrogen-bond acceptors (Lipinski definition) is 5. The summed E-state index contributed by atoms with van der Waals surface area (Å²) in [6.45, 7) is -0.259. The van der Waals surface area contributed by atoms with Gasteiger partial charge in [-0.25, -0.2) is 0 Å². The van der Waals surface area contributed by atoms with Gasteiger partial charge in [0.2, 0.25) is 11.8 Å². The van der Waals surface area contributed by atoms with Crippen LogP contribution in [0.25, 0.3) is 0 Å². The first-order valence-corrected chi connectivity index (χ1v) is 8.93. The average molecular weight is 384 g/mol. The lowest BCUT2D eigenvalue weighted by Crippen LogP contribution is -2.48. The van der Waals surface area contributed by atoms with Crippen molar-refractivity contribution in [3.63, 3.8) is 0 Å². The van der Waals surface area contributed by atoms with Crippen molar-refractivity contribution < 1.29 is 24.2 Å². The number of carbonyl (C=O) groups is 3. The number of phenolic OH excluding ortho intramolecular Hbond substituents is 1. The van der Waals surface area contributed by atoms with E-state index < -0.39 is 17.9 Å². The first kappa shape index (κ1) is 21.0. The number of hydrogen-bond donors (Lipinski definition) is 3. The Morgan fingerprint density at radius 3 is 2.32 bits per heavy atom. The van der Waals surface area contributed by atoms with Crippen molar-refractivity contribution in [1.29, 1.82) is 0 Å². The molecule has 0 heterocycles. The zero-order chi connectivity index (χ0) is 20.4. The fraction of sp³-hybridized carbons (Fsp3) is 0.286. The quantitative estimate of drug-likeness (QED) is 0.566. The van der Waals surface area contributed by atoms with Crippen molar-refractivity contribution in [2.45, 2.75) is 25.3 Å². The highest BCUT2D eigenvalue weighted by Crippen LogP contribution is 2.11. The van der Waals surface area contributed by atoms with Gasteiger partial charge in [-0.1, -0.05) is 42.5 Å². The standard InChI is InChI=1S/C21H24N2O5/c1-28-20(26)14-22-21(27)18(12-9-15-5-3-2-4-6-15)23-19(25)13-16-7-10-17(24)11-8-16/h2-8,10-11,18,24H,9,12-14H2,1H3,(H,22,27)(H,23,25). The lowest BCUT2D eigenvalue weighted by molar-refractivity contribution is -0.141. The van der Waals surface area contributed by atoms with Gasteiger partial charge in [0.1, 0.15) is 18.3 Å². The van der Waals surface area contributed by atoms with Crippen LogP contribution in [-0.4, -0.2) is 42.6 Å². The fourth-order valence-corrected chi connectivity index (χ4v) is 2.62. The van der Waals surface area contributed by atoms with Crippen LogP contribution in [0.2, 0.25) is 0 Å². The minimum Gasteiger partial charge on any atom is -0.508 e. The molecule has 0 aliphatic carbocycles. The molecule has 2 aromatic carbocycles. The van der Waals surface area contributed by atoms with Gasteiger partial charge >= 0.3 is 5.97 Å². The number of phenols is 1. The molecule has 0 radical (unpaired) electrons. The Kier molecular flexibility index (Phi) is 8.02. The average Bonchev–Trinajstić information content (AvgIpc) is 2.71. The molecular weight excluding hydrogens is 360 g/mol. The first-order chi connectivity index (χ1) is 13.5. The second-order valence-electron chi connectivity index (χ2n) is 6.28. The summed E-state index contributed by atoms with van der Waals surface area (Å²) in [5.41, 5.74) is 1.76. The van der Waals surface area contributed by atoms with Gasteiger partial charge in [0.05, 0.1) is 13.5 Å². The maximum atomic E-state index is 12.5. The predicted molar refractivity (Wildman–Crippen MR) is 104 cm³/mol. The highest BCUT2D eigenvalue weighted by Gasteiger charge is 2.21. The van der Waals surface area contributed by atoms with Crippen LogP contribution in [0.1, 0.15) is 17.5 Å². The molecule has 2 rings (SSSR count). The van der Waals surface area contributed by atoms with Gasteiger partial charge < -0.3 is 20.5 Å². The zero-order valence-electron chi connectivity index (χ0n) is 15.7. The maximum absolute atomic E-state index is 12.5. The first-order valence-electron chi connectivity index (χ1n) is 8.93. The van der Waals surface area contributed by atoms with E-state index in [1.807, 2.05) is 30.3 Å². The predicted octanol–water partition coefficient (Wildman–Crippen LogP) is 1.34. The Morgan fingerprint density at radius 1 is 1.00 bits per heavy atom. The molecule has 0 bridgehead atoms. The van der Waals surface area contributed by atoms with Gasteiger partial charge in [0.25, 0.3) is 0 Å². The number of carbonyl (C=O) groups excluding carboxylic acids is 3. The monoisotopic (exact) mass is 384 g/mol. The molecule has 1 atom stereocenters. The molecule has 0 aliphatic rings. The molecule has 2 aromatic rings. The van der Waals surface area contributed by atoms with E-state index >= 15 is 0 Å². The Morgan fingerprint density at radius 2 is 1.68 bits per heavy atom. The summed E-state index contributed by atoms with van der Waals surface area (Å²) in [6, 6.07) is 15.1. The van der Waals surface area contributed by atoms with E-state index in [1.54, 1.807) is 12.1 Å². The molecule has 0 aliphatic heterocycles. The largest absolute Gasteiger partial charge is 0.508 e. The van der Waals surface area contributed by atoms with Crippen LogP contribution in [0.15, 0.2) is 54.6 Å². The molecule has 0 aromatic heterocycles. The van der Waals surface area contributed by atoms with Crippen LogP contribution in [0.3, 0.4) is 0 Å². The zero-order valence-corrected chi connectivity index (χ0v) is 15.7.